The molecular weight excluding hydrogens is 763 g/mol. The molecule has 0 N–H and O–H groups in total. The van der Waals surface area contributed by atoms with Crippen LogP contribution in [0.3, 0.4) is 0 Å². The predicted molar refractivity (Wildman–Crippen MR) is 264 cm³/mol. The van der Waals surface area contributed by atoms with Crippen LogP contribution in [0.15, 0.2) is 237 Å². The highest BCUT2D eigenvalue weighted by atomic mass is 15.0. The topological polar surface area (TPSA) is 30.7 Å². The minimum absolute atomic E-state index is 0.923. The Morgan fingerprint density at radius 2 is 0.794 bits per heavy atom. The first-order valence-corrected chi connectivity index (χ1v) is 21.5. The lowest BCUT2D eigenvalue weighted by atomic mass is 9.92. The Morgan fingerprint density at radius 1 is 0.286 bits per heavy atom. The van der Waals surface area contributed by atoms with Gasteiger partial charge in [-0.05, 0) is 105 Å². The van der Waals surface area contributed by atoms with Crippen molar-refractivity contribution in [1.82, 2.24) is 14.5 Å². The molecule has 3 heteroatoms. The quantitative estimate of drug-likeness (QED) is 0.150. The lowest BCUT2D eigenvalue weighted by Gasteiger charge is -2.15. The van der Waals surface area contributed by atoms with Crippen LogP contribution in [0.25, 0.3) is 116 Å². The second-order valence-corrected chi connectivity index (χ2v) is 16.2. The summed E-state index contributed by atoms with van der Waals surface area (Å²) in [6.45, 7) is 0. The van der Waals surface area contributed by atoms with Gasteiger partial charge in [-0.15, -0.1) is 0 Å². The molecule has 0 aliphatic rings. The number of nitrogens with zero attached hydrogens (tertiary/aromatic N) is 3. The van der Waals surface area contributed by atoms with Gasteiger partial charge < -0.3 is 4.57 Å². The van der Waals surface area contributed by atoms with Crippen LogP contribution in [0.2, 0.25) is 0 Å². The monoisotopic (exact) mass is 801 g/mol. The first-order valence-electron chi connectivity index (χ1n) is 21.5. The van der Waals surface area contributed by atoms with Gasteiger partial charge in [0.05, 0.1) is 33.6 Å². The maximum Gasteiger partial charge on any atom is 0.0722 e. The summed E-state index contributed by atoms with van der Waals surface area (Å²) in [6, 6.07) is 84.6. The highest BCUT2D eigenvalue weighted by Crippen LogP contribution is 2.40. The Balaban J connectivity index is 0.993. The number of aromatic nitrogens is 3. The summed E-state index contributed by atoms with van der Waals surface area (Å²) in [7, 11) is 0. The molecule has 63 heavy (non-hydrogen) atoms. The molecule has 0 aliphatic carbocycles. The van der Waals surface area contributed by atoms with Crippen LogP contribution in [-0.2, 0) is 0 Å². The van der Waals surface area contributed by atoms with Gasteiger partial charge in [-0.25, -0.2) is 9.97 Å². The molecule has 3 aromatic heterocycles. The van der Waals surface area contributed by atoms with Crippen molar-refractivity contribution in [3.05, 3.63) is 237 Å². The first-order chi connectivity index (χ1) is 31.2. The van der Waals surface area contributed by atoms with E-state index in [1.165, 1.54) is 43.7 Å². The number of benzene rings is 9. The number of hydrogen-bond donors (Lipinski definition) is 0. The minimum atomic E-state index is 0.923. The smallest absolute Gasteiger partial charge is 0.0722 e. The fourth-order valence-electron chi connectivity index (χ4n) is 9.32. The average molecular weight is 802 g/mol. The van der Waals surface area contributed by atoms with Crippen molar-refractivity contribution in [2.24, 2.45) is 0 Å². The second kappa shape index (κ2) is 15.3. The van der Waals surface area contributed by atoms with Gasteiger partial charge in [0.2, 0.25) is 0 Å². The maximum atomic E-state index is 5.33. The van der Waals surface area contributed by atoms with Crippen LogP contribution in [0.4, 0.5) is 0 Å². The van der Waals surface area contributed by atoms with Gasteiger partial charge in [0.25, 0.3) is 0 Å². The van der Waals surface area contributed by atoms with Gasteiger partial charge in [-0.1, -0.05) is 176 Å². The molecule has 0 bridgehead atoms. The largest absolute Gasteiger partial charge is 0.309 e. The third-order valence-electron chi connectivity index (χ3n) is 12.3. The average Bonchev–Trinajstić information content (AvgIpc) is 3.71. The molecule has 0 saturated carbocycles. The van der Waals surface area contributed by atoms with Crippen molar-refractivity contribution in [3.8, 4) is 72.8 Å². The van der Waals surface area contributed by atoms with Crippen molar-refractivity contribution in [1.29, 1.82) is 0 Å². The molecule has 3 heterocycles. The van der Waals surface area contributed by atoms with Gasteiger partial charge >= 0.3 is 0 Å². The van der Waals surface area contributed by atoms with E-state index in [9.17, 15) is 0 Å². The van der Waals surface area contributed by atoms with Crippen LogP contribution in [-0.4, -0.2) is 14.5 Å². The summed E-state index contributed by atoms with van der Waals surface area (Å²) >= 11 is 0. The van der Waals surface area contributed by atoms with Crippen LogP contribution in [0.5, 0.6) is 0 Å². The van der Waals surface area contributed by atoms with Crippen LogP contribution < -0.4 is 0 Å². The molecule has 0 radical (unpaired) electrons. The number of fused-ring (bicyclic) bond motifs is 6. The van der Waals surface area contributed by atoms with Crippen LogP contribution >= 0.6 is 0 Å². The second-order valence-electron chi connectivity index (χ2n) is 16.2. The Labute approximate surface area is 365 Å². The summed E-state index contributed by atoms with van der Waals surface area (Å²) in [5, 5.41) is 6.01. The molecule has 0 atom stereocenters. The molecule has 0 spiro atoms. The Morgan fingerprint density at radius 3 is 1.48 bits per heavy atom. The van der Waals surface area contributed by atoms with Gasteiger partial charge in [0.15, 0.2) is 0 Å². The minimum Gasteiger partial charge on any atom is -0.309 e. The van der Waals surface area contributed by atoms with E-state index in [2.05, 4.69) is 241 Å². The van der Waals surface area contributed by atoms with Gasteiger partial charge in [-0.3, -0.25) is 0 Å². The summed E-state index contributed by atoms with van der Waals surface area (Å²) < 4.78 is 2.37. The zero-order valence-electron chi connectivity index (χ0n) is 34.4. The molecule has 0 amide bonds. The number of rotatable bonds is 7. The van der Waals surface area contributed by atoms with E-state index in [1.54, 1.807) is 0 Å². The summed E-state index contributed by atoms with van der Waals surface area (Å²) in [5.41, 5.74) is 17.4. The summed E-state index contributed by atoms with van der Waals surface area (Å²) in [5.74, 6) is 0. The number of pyridine rings is 2. The van der Waals surface area contributed by atoms with E-state index in [-0.39, 0.29) is 0 Å². The molecule has 3 nitrogen and oxygen atoms in total. The van der Waals surface area contributed by atoms with E-state index in [0.717, 1.165) is 72.6 Å². The maximum absolute atomic E-state index is 5.33. The highest BCUT2D eigenvalue weighted by Gasteiger charge is 2.16. The normalized spacial score (nSPS) is 11.5. The van der Waals surface area contributed by atoms with Gasteiger partial charge in [-0.2, -0.15) is 0 Å². The van der Waals surface area contributed by atoms with Crippen molar-refractivity contribution in [2.45, 2.75) is 0 Å². The molecule has 12 rings (SSSR count). The molecule has 0 fully saturated rings. The van der Waals surface area contributed by atoms with E-state index in [1.807, 2.05) is 0 Å². The van der Waals surface area contributed by atoms with E-state index in [4.69, 9.17) is 9.97 Å². The Hall–Kier alpha value is -8.40. The number of hydrogen-bond acceptors (Lipinski definition) is 2. The summed E-state index contributed by atoms with van der Waals surface area (Å²) in [6.07, 6.45) is 0. The highest BCUT2D eigenvalue weighted by molar-refractivity contribution is 6.15. The molecule has 0 unspecified atom stereocenters. The number of para-hydroxylation sites is 2. The van der Waals surface area contributed by atoms with Crippen LogP contribution in [0.1, 0.15) is 0 Å². The molecule has 294 valence electrons. The lowest BCUT2D eigenvalue weighted by molar-refractivity contribution is 1.18. The molecular formula is C60H39N3. The third kappa shape index (κ3) is 6.55. The SMILES string of the molecule is c1ccc(-c2cc(-c3cccc(-c4ccc5ccc6nc(-c7ccccc7)cc(-c7ccccc7)c6c5c4)c3)cc(-c3cccc(-n4c5ccccc5c5ccccc54)c3)n2)cc1. The molecule has 0 aliphatic heterocycles. The predicted octanol–water partition coefficient (Wildman–Crippen LogP) is 15.9. The van der Waals surface area contributed by atoms with Crippen LogP contribution in [0, 0.1) is 0 Å². The Bertz CT molecular complexity index is 3610. The van der Waals surface area contributed by atoms with Crippen molar-refractivity contribution in [2.75, 3.05) is 0 Å². The van der Waals surface area contributed by atoms with Crippen molar-refractivity contribution < 1.29 is 0 Å². The standard InChI is InChI=1S/C60H39N3/c1-4-16-40(17-5-1)53-39-57(43-20-8-3-9-21-43)61-54-33-32-41-30-31-46(36-52(41)60(53)54)44-22-14-23-45(34-44)48-37-55(42-18-6-2-7-19-42)62-56(38-48)47-24-15-25-49(35-47)63-58-28-12-10-26-50(58)51-27-11-13-29-59(51)63/h1-39H. The third-order valence-corrected chi connectivity index (χ3v) is 12.3. The molecule has 0 saturated heterocycles. The zero-order valence-corrected chi connectivity index (χ0v) is 34.4. The fourth-order valence-corrected chi connectivity index (χ4v) is 9.32. The van der Waals surface area contributed by atoms with E-state index in [0.29, 0.717) is 0 Å². The van der Waals surface area contributed by atoms with Gasteiger partial charge in [0.1, 0.15) is 0 Å². The first kappa shape index (κ1) is 36.5. The van der Waals surface area contributed by atoms with E-state index >= 15 is 0 Å². The molecule has 12 aromatic rings. The summed E-state index contributed by atoms with van der Waals surface area (Å²) in [4.78, 5) is 10.6. The Kier molecular flexibility index (Phi) is 8.83. The molecule has 9 aromatic carbocycles. The van der Waals surface area contributed by atoms with E-state index < -0.39 is 0 Å². The van der Waals surface area contributed by atoms with Crippen molar-refractivity contribution >= 4 is 43.5 Å². The fraction of sp³-hybridized carbons (Fsp3) is 0. The van der Waals surface area contributed by atoms with Gasteiger partial charge in [0, 0.05) is 38.5 Å². The zero-order chi connectivity index (χ0) is 41.7. The van der Waals surface area contributed by atoms with Crippen molar-refractivity contribution in [3.63, 3.8) is 0 Å². The lowest BCUT2D eigenvalue weighted by Crippen LogP contribution is -1.96.